The van der Waals surface area contributed by atoms with E-state index in [-0.39, 0.29) is 6.04 Å². The number of nitrogens with one attached hydrogen (secondary N) is 1. The van der Waals surface area contributed by atoms with Gasteiger partial charge in [0.2, 0.25) is 0 Å². The van der Waals surface area contributed by atoms with Gasteiger partial charge < -0.3 is 5.32 Å². The van der Waals surface area contributed by atoms with Gasteiger partial charge in [0.15, 0.2) is 0 Å². The van der Waals surface area contributed by atoms with E-state index in [0.717, 1.165) is 10.9 Å². The SMILES string of the molecule is CCc1nc(C(NC2CC2)c2ccccc2Br)sc1C. The molecule has 1 aliphatic carbocycles. The Morgan fingerprint density at radius 3 is 2.75 bits per heavy atom. The molecule has 1 aromatic heterocycles. The van der Waals surface area contributed by atoms with Crippen molar-refractivity contribution in [3.05, 3.63) is 49.9 Å². The van der Waals surface area contributed by atoms with Gasteiger partial charge in [0.05, 0.1) is 11.7 Å². The molecule has 0 bridgehead atoms. The van der Waals surface area contributed by atoms with Gasteiger partial charge in [-0.1, -0.05) is 41.1 Å². The average Bonchev–Trinajstić information content (AvgIpc) is 3.19. The van der Waals surface area contributed by atoms with Crippen LogP contribution in [0.5, 0.6) is 0 Å². The van der Waals surface area contributed by atoms with Gasteiger partial charge in [0, 0.05) is 15.4 Å². The number of hydrogen-bond donors (Lipinski definition) is 1. The van der Waals surface area contributed by atoms with Gasteiger partial charge in [0.1, 0.15) is 5.01 Å². The molecule has 1 aromatic carbocycles. The number of benzene rings is 1. The number of nitrogens with zero attached hydrogens (tertiary/aromatic N) is 1. The maximum Gasteiger partial charge on any atom is 0.115 e. The van der Waals surface area contributed by atoms with Crippen LogP contribution in [-0.4, -0.2) is 11.0 Å². The molecule has 1 saturated carbocycles. The van der Waals surface area contributed by atoms with Crippen LogP contribution in [0.25, 0.3) is 0 Å². The summed E-state index contributed by atoms with van der Waals surface area (Å²) in [5, 5.41) is 4.94. The van der Waals surface area contributed by atoms with Gasteiger partial charge in [0.25, 0.3) is 0 Å². The molecular weight excluding hydrogens is 332 g/mol. The molecular formula is C16H19BrN2S. The van der Waals surface area contributed by atoms with E-state index in [9.17, 15) is 0 Å². The lowest BCUT2D eigenvalue weighted by atomic mass is 10.1. The summed E-state index contributed by atoms with van der Waals surface area (Å²) in [6.45, 7) is 4.35. The molecule has 1 fully saturated rings. The molecule has 2 nitrogen and oxygen atoms in total. The van der Waals surface area contributed by atoms with Crippen LogP contribution in [0.3, 0.4) is 0 Å². The van der Waals surface area contributed by atoms with Crippen LogP contribution in [-0.2, 0) is 6.42 Å². The van der Waals surface area contributed by atoms with Gasteiger partial charge in [-0.25, -0.2) is 4.98 Å². The number of halogens is 1. The third-order valence-corrected chi connectivity index (χ3v) is 5.49. The maximum atomic E-state index is 4.86. The standard InChI is InChI=1S/C16H19BrN2S/c1-3-14-10(2)20-16(19-14)15(18-11-8-9-11)12-6-4-5-7-13(12)17/h4-7,11,15,18H,3,8-9H2,1-2H3. The molecule has 0 amide bonds. The van der Waals surface area contributed by atoms with Crippen molar-refractivity contribution in [3.8, 4) is 0 Å². The predicted molar refractivity (Wildman–Crippen MR) is 88.4 cm³/mol. The Labute approximate surface area is 132 Å². The maximum absolute atomic E-state index is 4.86. The number of thiazole rings is 1. The molecule has 4 heteroatoms. The first-order valence-corrected chi connectivity index (χ1v) is 8.76. The zero-order valence-corrected chi connectivity index (χ0v) is 14.2. The quantitative estimate of drug-likeness (QED) is 0.850. The summed E-state index contributed by atoms with van der Waals surface area (Å²) in [5.41, 5.74) is 2.52. The summed E-state index contributed by atoms with van der Waals surface area (Å²) in [6.07, 6.45) is 3.58. The van der Waals surface area contributed by atoms with Crippen LogP contribution >= 0.6 is 27.3 Å². The first kappa shape index (κ1) is 14.2. The molecule has 2 aromatic rings. The first-order chi connectivity index (χ1) is 9.69. The lowest BCUT2D eigenvalue weighted by Crippen LogP contribution is -2.24. The molecule has 20 heavy (non-hydrogen) atoms. The lowest BCUT2D eigenvalue weighted by molar-refractivity contribution is 0.595. The largest absolute Gasteiger partial charge is 0.301 e. The van der Waals surface area contributed by atoms with Crippen LogP contribution in [0, 0.1) is 6.92 Å². The summed E-state index contributed by atoms with van der Waals surface area (Å²) < 4.78 is 1.16. The highest BCUT2D eigenvalue weighted by atomic mass is 79.9. The number of rotatable bonds is 5. The smallest absolute Gasteiger partial charge is 0.115 e. The summed E-state index contributed by atoms with van der Waals surface area (Å²) >= 11 is 5.51. The molecule has 1 N–H and O–H groups in total. The fourth-order valence-corrected chi connectivity index (χ4v) is 3.99. The monoisotopic (exact) mass is 350 g/mol. The summed E-state index contributed by atoms with van der Waals surface area (Å²) in [5.74, 6) is 0. The van der Waals surface area contributed by atoms with Crippen LogP contribution in [0.1, 0.15) is 46.9 Å². The second kappa shape index (κ2) is 5.96. The normalized spacial score (nSPS) is 16.4. The van der Waals surface area contributed by atoms with E-state index in [1.165, 1.54) is 34.0 Å². The van der Waals surface area contributed by atoms with Gasteiger partial charge >= 0.3 is 0 Å². The fourth-order valence-electron chi connectivity index (χ4n) is 2.39. The third kappa shape index (κ3) is 2.97. The molecule has 1 unspecified atom stereocenters. The average molecular weight is 351 g/mol. The van der Waals surface area contributed by atoms with Crippen molar-refractivity contribution >= 4 is 27.3 Å². The third-order valence-electron chi connectivity index (χ3n) is 3.69. The molecule has 0 saturated heterocycles. The topological polar surface area (TPSA) is 24.9 Å². The van der Waals surface area contributed by atoms with Gasteiger partial charge in [-0.15, -0.1) is 11.3 Å². The Hall–Kier alpha value is -0.710. The number of hydrogen-bond acceptors (Lipinski definition) is 3. The summed E-state index contributed by atoms with van der Waals surface area (Å²) in [6, 6.07) is 9.32. The highest BCUT2D eigenvalue weighted by Crippen LogP contribution is 2.35. The Bertz CT molecular complexity index is 604. The molecule has 0 radical (unpaired) electrons. The minimum atomic E-state index is 0.210. The molecule has 1 aliphatic rings. The minimum Gasteiger partial charge on any atom is -0.301 e. The molecule has 0 aliphatic heterocycles. The van der Waals surface area contributed by atoms with Crippen molar-refractivity contribution < 1.29 is 0 Å². The van der Waals surface area contributed by atoms with E-state index in [2.05, 4.69) is 59.4 Å². The van der Waals surface area contributed by atoms with Crippen molar-refractivity contribution in [2.24, 2.45) is 0 Å². The summed E-state index contributed by atoms with van der Waals surface area (Å²) in [7, 11) is 0. The second-order valence-corrected chi connectivity index (χ2v) is 7.39. The van der Waals surface area contributed by atoms with Gasteiger partial charge in [-0.3, -0.25) is 0 Å². The minimum absolute atomic E-state index is 0.210. The zero-order chi connectivity index (χ0) is 14.1. The molecule has 3 rings (SSSR count). The van der Waals surface area contributed by atoms with E-state index in [1.807, 2.05) is 11.3 Å². The molecule has 106 valence electrons. The van der Waals surface area contributed by atoms with Crippen LogP contribution in [0.2, 0.25) is 0 Å². The fraction of sp³-hybridized carbons (Fsp3) is 0.438. The predicted octanol–water partition coefficient (Wildman–Crippen LogP) is 4.62. The van der Waals surface area contributed by atoms with Gasteiger partial charge in [-0.05, 0) is 37.8 Å². The zero-order valence-electron chi connectivity index (χ0n) is 11.8. The Balaban J connectivity index is 1.98. The van der Waals surface area contributed by atoms with Crippen molar-refractivity contribution in [1.29, 1.82) is 0 Å². The highest BCUT2D eigenvalue weighted by Gasteiger charge is 2.29. The number of aromatic nitrogens is 1. The Kier molecular flexibility index (Phi) is 4.24. The van der Waals surface area contributed by atoms with Crippen LogP contribution < -0.4 is 5.32 Å². The van der Waals surface area contributed by atoms with E-state index in [1.54, 1.807) is 0 Å². The lowest BCUT2D eigenvalue weighted by Gasteiger charge is -2.18. The van der Waals surface area contributed by atoms with Gasteiger partial charge in [-0.2, -0.15) is 0 Å². The van der Waals surface area contributed by atoms with Crippen molar-refractivity contribution in [2.75, 3.05) is 0 Å². The highest BCUT2D eigenvalue weighted by molar-refractivity contribution is 9.10. The van der Waals surface area contributed by atoms with Crippen molar-refractivity contribution in [1.82, 2.24) is 10.3 Å². The van der Waals surface area contributed by atoms with Crippen molar-refractivity contribution in [2.45, 2.75) is 45.2 Å². The summed E-state index contributed by atoms with van der Waals surface area (Å²) in [4.78, 5) is 6.21. The van der Waals surface area contributed by atoms with E-state index in [0.29, 0.717) is 6.04 Å². The Morgan fingerprint density at radius 1 is 1.40 bits per heavy atom. The van der Waals surface area contributed by atoms with E-state index >= 15 is 0 Å². The second-order valence-electron chi connectivity index (χ2n) is 5.30. The number of aryl methyl sites for hydroxylation is 2. The van der Waals surface area contributed by atoms with Crippen LogP contribution in [0.15, 0.2) is 28.7 Å². The van der Waals surface area contributed by atoms with E-state index in [4.69, 9.17) is 4.98 Å². The molecule has 1 heterocycles. The van der Waals surface area contributed by atoms with E-state index < -0.39 is 0 Å². The Morgan fingerprint density at radius 2 is 2.15 bits per heavy atom. The van der Waals surface area contributed by atoms with Crippen LogP contribution in [0.4, 0.5) is 0 Å². The molecule has 1 atom stereocenters. The molecule has 0 spiro atoms. The van der Waals surface area contributed by atoms with Crippen molar-refractivity contribution in [3.63, 3.8) is 0 Å². The first-order valence-electron chi connectivity index (χ1n) is 7.15.